The zero-order valence-electron chi connectivity index (χ0n) is 11.2. The Morgan fingerprint density at radius 2 is 1.89 bits per heavy atom. The van der Waals surface area contributed by atoms with Gasteiger partial charge in [0.25, 0.3) is 0 Å². The molecule has 1 amide bonds. The second-order valence-electron chi connectivity index (χ2n) is 5.49. The zero-order chi connectivity index (χ0) is 14.0. The molecule has 0 aromatic rings. The number of piperidine rings is 1. The first-order valence-electron chi connectivity index (χ1n) is 6.04. The van der Waals surface area contributed by atoms with E-state index >= 15 is 0 Å². The van der Waals surface area contributed by atoms with E-state index in [1.165, 1.54) is 10.6 Å². The molecule has 0 atom stereocenters. The van der Waals surface area contributed by atoms with E-state index in [1.54, 1.807) is 0 Å². The fourth-order valence-electron chi connectivity index (χ4n) is 2.45. The average molecular weight is 278 g/mol. The number of sulfonamides is 1. The summed E-state index contributed by atoms with van der Waals surface area (Å²) < 4.78 is 29.3. The third kappa shape index (κ3) is 4.81. The summed E-state index contributed by atoms with van der Waals surface area (Å²) in [7, 11) is -3.08. The van der Waals surface area contributed by atoms with Gasteiger partial charge in [-0.1, -0.05) is 0 Å². The van der Waals surface area contributed by atoms with Crippen molar-refractivity contribution in [3.05, 3.63) is 0 Å². The van der Waals surface area contributed by atoms with Crippen LogP contribution in [0.15, 0.2) is 0 Å². The Bertz CT molecular complexity index is 397. The van der Waals surface area contributed by atoms with Crippen LogP contribution in [0.2, 0.25) is 0 Å². The lowest BCUT2D eigenvalue weighted by molar-refractivity contribution is 0.0206. The topological polar surface area (TPSA) is 89.7 Å². The van der Waals surface area contributed by atoms with Crippen LogP contribution in [-0.4, -0.2) is 43.8 Å². The number of rotatable bonds is 4. The zero-order valence-corrected chi connectivity index (χ0v) is 12.0. The first-order valence-corrected chi connectivity index (χ1v) is 7.88. The summed E-state index contributed by atoms with van der Waals surface area (Å²) in [6, 6.07) is 0. The predicted molar refractivity (Wildman–Crippen MR) is 68.5 cm³/mol. The van der Waals surface area contributed by atoms with E-state index in [9.17, 15) is 13.2 Å². The van der Waals surface area contributed by atoms with Crippen LogP contribution in [0.4, 0.5) is 4.79 Å². The summed E-state index contributed by atoms with van der Waals surface area (Å²) >= 11 is 0. The lowest BCUT2D eigenvalue weighted by atomic mass is 9.87. The van der Waals surface area contributed by atoms with Gasteiger partial charge in [-0.3, -0.25) is 0 Å². The molecular formula is C11H22N2O4S. The first-order chi connectivity index (χ1) is 8.10. The second kappa shape index (κ2) is 5.44. The molecule has 1 fully saturated rings. The molecule has 1 heterocycles. The minimum atomic E-state index is -3.08. The van der Waals surface area contributed by atoms with Gasteiger partial charge in [-0.25, -0.2) is 17.5 Å². The van der Waals surface area contributed by atoms with Gasteiger partial charge in [0.05, 0.1) is 6.26 Å². The van der Waals surface area contributed by atoms with E-state index in [0.29, 0.717) is 25.4 Å². The van der Waals surface area contributed by atoms with Gasteiger partial charge in [0.2, 0.25) is 10.0 Å². The molecular weight excluding hydrogens is 256 g/mol. The van der Waals surface area contributed by atoms with E-state index < -0.39 is 21.7 Å². The predicted octanol–water partition coefficient (Wildman–Crippen LogP) is 0.922. The van der Waals surface area contributed by atoms with Crippen molar-refractivity contribution in [2.75, 3.05) is 19.3 Å². The highest BCUT2D eigenvalue weighted by Gasteiger charge is 2.31. The van der Waals surface area contributed by atoms with Crippen LogP contribution < -0.4 is 5.73 Å². The molecule has 0 saturated carbocycles. The van der Waals surface area contributed by atoms with Crippen molar-refractivity contribution >= 4 is 16.1 Å². The van der Waals surface area contributed by atoms with Crippen molar-refractivity contribution in [1.82, 2.24) is 4.31 Å². The molecule has 1 aliphatic heterocycles. The van der Waals surface area contributed by atoms with Gasteiger partial charge in [0.15, 0.2) is 0 Å². The minimum absolute atomic E-state index is 0.359. The van der Waals surface area contributed by atoms with Crippen LogP contribution in [0.25, 0.3) is 0 Å². The molecule has 106 valence electrons. The Kier molecular flexibility index (Phi) is 4.61. The van der Waals surface area contributed by atoms with Gasteiger partial charge in [-0.2, -0.15) is 0 Å². The maximum atomic E-state index is 11.4. The Morgan fingerprint density at radius 3 is 2.28 bits per heavy atom. The number of hydrogen-bond donors (Lipinski definition) is 1. The summed E-state index contributed by atoms with van der Waals surface area (Å²) in [5, 5.41) is 0. The number of carbonyl (C=O) groups excluding carboxylic acids is 1. The van der Waals surface area contributed by atoms with Gasteiger partial charge >= 0.3 is 6.09 Å². The smallest absolute Gasteiger partial charge is 0.405 e. The second-order valence-corrected chi connectivity index (χ2v) is 7.47. The number of ether oxygens (including phenoxy) is 1. The van der Waals surface area contributed by atoms with Gasteiger partial charge in [-0.15, -0.1) is 0 Å². The van der Waals surface area contributed by atoms with Crippen molar-refractivity contribution in [3.8, 4) is 0 Å². The number of nitrogens with two attached hydrogens (primary N) is 1. The molecule has 6 nitrogen and oxygen atoms in total. The van der Waals surface area contributed by atoms with Gasteiger partial charge in [0, 0.05) is 13.1 Å². The normalized spacial score (nSPS) is 19.7. The molecule has 2 N–H and O–H groups in total. The first kappa shape index (κ1) is 15.2. The molecule has 0 aromatic heterocycles. The Balaban J connectivity index is 2.47. The maximum Gasteiger partial charge on any atom is 0.405 e. The van der Waals surface area contributed by atoms with Crippen LogP contribution in [0, 0.1) is 5.92 Å². The van der Waals surface area contributed by atoms with Crippen molar-refractivity contribution in [3.63, 3.8) is 0 Å². The highest BCUT2D eigenvalue weighted by molar-refractivity contribution is 7.88. The van der Waals surface area contributed by atoms with Crippen molar-refractivity contribution in [2.24, 2.45) is 11.7 Å². The summed E-state index contributed by atoms with van der Waals surface area (Å²) in [6.07, 6.45) is 2.74. The molecule has 18 heavy (non-hydrogen) atoms. The number of nitrogens with zero attached hydrogens (tertiary/aromatic N) is 1. The van der Waals surface area contributed by atoms with Crippen LogP contribution in [0.3, 0.4) is 0 Å². The maximum absolute atomic E-state index is 11.4. The van der Waals surface area contributed by atoms with E-state index in [0.717, 1.165) is 12.8 Å². The quantitative estimate of drug-likeness (QED) is 0.828. The summed E-state index contributed by atoms with van der Waals surface area (Å²) in [4.78, 5) is 10.8. The molecule has 0 aliphatic carbocycles. The number of hydrogen-bond acceptors (Lipinski definition) is 4. The molecule has 0 bridgehead atoms. The van der Waals surface area contributed by atoms with E-state index in [-0.39, 0.29) is 0 Å². The van der Waals surface area contributed by atoms with E-state index in [4.69, 9.17) is 10.5 Å². The Hall–Kier alpha value is -0.820. The van der Waals surface area contributed by atoms with Gasteiger partial charge in [-0.05, 0) is 39.0 Å². The largest absolute Gasteiger partial charge is 0.444 e. The third-order valence-electron chi connectivity index (χ3n) is 3.20. The lowest BCUT2D eigenvalue weighted by Crippen LogP contribution is -2.40. The molecule has 0 unspecified atom stereocenters. The molecule has 7 heteroatoms. The Morgan fingerprint density at radius 1 is 1.39 bits per heavy atom. The lowest BCUT2D eigenvalue weighted by Gasteiger charge is -2.34. The number of carbonyl (C=O) groups is 1. The fourth-order valence-corrected chi connectivity index (χ4v) is 3.33. The number of primary amides is 1. The van der Waals surface area contributed by atoms with E-state index in [2.05, 4.69) is 0 Å². The molecule has 0 aromatic carbocycles. The molecule has 1 aliphatic rings. The summed E-state index contributed by atoms with van der Waals surface area (Å²) in [6.45, 7) is 4.72. The van der Waals surface area contributed by atoms with Crippen LogP contribution in [0.1, 0.15) is 33.1 Å². The summed E-state index contributed by atoms with van der Waals surface area (Å²) in [5.41, 5.74) is 4.42. The average Bonchev–Trinajstić information content (AvgIpc) is 2.13. The molecule has 1 rings (SSSR count). The SMILES string of the molecule is CC(C)(CC1CCN(S(C)(=O)=O)CC1)OC(N)=O. The molecule has 1 saturated heterocycles. The van der Waals surface area contributed by atoms with Gasteiger partial charge < -0.3 is 10.5 Å². The highest BCUT2D eigenvalue weighted by Crippen LogP contribution is 2.29. The van der Waals surface area contributed by atoms with Gasteiger partial charge in [0.1, 0.15) is 5.60 Å². The standard InChI is InChI=1S/C11H22N2O4S/c1-11(2,17-10(12)14)8-9-4-6-13(7-5-9)18(3,15)16/h9H,4-8H2,1-3H3,(H2,12,14). The highest BCUT2D eigenvalue weighted by atomic mass is 32.2. The number of amides is 1. The molecule has 0 spiro atoms. The van der Waals surface area contributed by atoms with Crippen LogP contribution >= 0.6 is 0 Å². The third-order valence-corrected chi connectivity index (χ3v) is 4.50. The van der Waals surface area contributed by atoms with E-state index in [1.807, 2.05) is 13.8 Å². The molecule has 0 radical (unpaired) electrons. The Labute approximate surface area is 109 Å². The monoisotopic (exact) mass is 278 g/mol. The van der Waals surface area contributed by atoms with Crippen LogP contribution in [0.5, 0.6) is 0 Å². The van der Waals surface area contributed by atoms with Crippen molar-refractivity contribution < 1.29 is 17.9 Å². The van der Waals surface area contributed by atoms with Crippen molar-refractivity contribution in [2.45, 2.75) is 38.7 Å². The summed E-state index contributed by atoms with van der Waals surface area (Å²) in [5.74, 6) is 0.359. The van der Waals surface area contributed by atoms with Crippen molar-refractivity contribution in [1.29, 1.82) is 0 Å². The minimum Gasteiger partial charge on any atom is -0.444 e. The van der Waals surface area contributed by atoms with Crippen LogP contribution in [-0.2, 0) is 14.8 Å². The fraction of sp³-hybridized carbons (Fsp3) is 0.909.